The number of sulfonamides is 1. The fraction of sp³-hybridized carbons (Fsp3) is 0.600. The first kappa shape index (κ1) is 17.7. The van der Waals surface area contributed by atoms with E-state index in [4.69, 9.17) is 0 Å². The van der Waals surface area contributed by atoms with Crippen LogP contribution in [0.1, 0.15) is 33.6 Å². The number of nitrogens with zero attached hydrogens (tertiary/aromatic N) is 2. The van der Waals surface area contributed by atoms with Gasteiger partial charge in [0.15, 0.2) is 0 Å². The number of hydrogen-bond acceptors (Lipinski definition) is 5. The molecule has 1 aromatic carbocycles. The topological polar surface area (TPSA) is 92.6 Å². The van der Waals surface area contributed by atoms with E-state index in [1.54, 1.807) is 19.9 Å². The maximum Gasteiger partial charge on any atom is 0.293 e. The number of benzene rings is 1. The second-order valence-corrected chi connectivity index (χ2v) is 8.09. The summed E-state index contributed by atoms with van der Waals surface area (Å²) in [5.41, 5.74) is 0.329. The number of nitro groups is 1. The Morgan fingerprint density at radius 3 is 2.65 bits per heavy atom. The molecule has 0 aliphatic carbocycles. The lowest BCUT2D eigenvalue weighted by Gasteiger charge is -2.32. The van der Waals surface area contributed by atoms with Gasteiger partial charge >= 0.3 is 0 Å². The molecule has 1 aromatic rings. The predicted molar refractivity (Wildman–Crippen MR) is 89.2 cm³/mol. The summed E-state index contributed by atoms with van der Waals surface area (Å²) in [6.45, 7) is 7.02. The molecule has 1 aliphatic rings. The lowest BCUT2D eigenvalue weighted by Crippen LogP contribution is -2.35. The van der Waals surface area contributed by atoms with Crippen LogP contribution in [0, 0.1) is 16.0 Å². The SMILES string of the molecule is CC(C)NS(=O)(=O)c1ccc(N2CCC[C@H](C)C2)c([N+](=O)[O-])c1. The van der Waals surface area contributed by atoms with Gasteiger partial charge in [0, 0.05) is 25.2 Å². The van der Waals surface area contributed by atoms with Crippen molar-refractivity contribution in [3.05, 3.63) is 28.3 Å². The number of anilines is 1. The number of piperidine rings is 1. The first-order valence-corrected chi connectivity index (χ1v) is 9.24. The van der Waals surface area contributed by atoms with Crippen LogP contribution in [-0.4, -0.2) is 32.5 Å². The van der Waals surface area contributed by atoms with Gasteiger partial charge in [0.25, 0.3) is 5.69 Å². The van der Waals surface area contributed by atoms with Crippen molar-refractivity contribution < 1.29 is 13.3 Å². The van der Waals surface area contributed by atoms with Crippen LogP contribution < -0.4 is 9.62 Å². The molecule has 1 aliphatic heterocycles. The van der Waals surface area contributed by atoms with E-state index in [0.29, 0.717) is 11.6 Å². The summed E-state index contributed by atoms with van der Waals surface area (Å²) in [7, 11) is -3.75. The summed E-state index contributed by atoms with van der Waals surface area (Å²) in [5, 5.41) is 11.4. The molecule has 0 aromatic heterocycles. The minimum Gasteiger partial charge on any atom is -0.366 e. The second kappa shape index (κ2) is 6.84. The van der Waals surface area contributed by atoms with Crippen molar-refractivity contribution in [2.75, 3.05) is 18.0 Å². The van der Waals surface area contributed by atoms with Gasteiger partial charge in [-0.15, -0.1) is 0 Å². The molecule has 128 valence electrons. The Morgan fingerprint density at radius 2 is 2.09 bits per heavy atom. The number of hydrogen-bond donors (Lipinski definition) is 1. The maximum atomic E-state index is 12.2. The monoisotopic (exact) mass is 341 g/mol. The van der Waals surface area contributed by atoms with E-state index < -0.39 is 14.9 Å². The molecule has 8 heteroatoms. The molecule has 1 atom stereocenters. The van der Waals surface area contributed by atoms with E-state index in [1.807, 2.05) is 4.90 Å². The molecule has 23 heavy (non-hydrogen) atoms. The van der Waals surface area contributed by atoms with Gasteiger partial charge in [-0.1, -0.05) is 6.92 Å². The van der Waals surface area contributed by atoms with Crippen LogP contribution in [0.3, 0.4) is 0 Å². The van der Waals surface area contributed by atoms with E-state index in [2.05, 4.69) is 11.6 Å². The molecule has 1 N–H and O–H groups in total. The largest absolute Gasteiger partial charge is 0.366 e. The molecular formula is C15H23N3O4S. The normalized spacial score (nSPS) is 19.1. The summed E-state index contributed by atoms with van der Waals surface area (Å²) in [6.07, 6.45) is 2.09. The van der Waals surface area contributed by atoms with Crippen LogP contribution in [0.25, 0.3) is 0 Å². The van der Waals surface area contributed by atoms with Gasteiger partial charge in [0.05, 0.1) is 9.82 Å². The molecule has 1 heterocycles. The fourth-order valence-corrected chi connectivity index (χ4v) is 4.14. The van der Waals surface area contributed by atoms with Crippen molar-refractivity contribution in [2.24, 2.45) is 5.92 Å². The number of nitro benzene ring substituents is 1. The molecule has 1 fully saturated rings. The summed E-state index contributed by atoms with van der Waals surface area (Å²) >= 11 is 0. The van der Waals surface area contributed by atoms with Crippen molar-refractivity contribution >= 4 is 21.4 Å². The van der Waals surface area contributed by atoms with Gasteiger partial charge in [0.1, 0.15) is 5.69 Å². The van der Waals surface area contributed by atoms with Gasteiger partial charge < -0.3 is 4.90 Å². The molecule has 0 unspecified atom stereocenters. The van der Waals surface area contributed by atoms with Gasteiger partial charge in [-0.3, -0.25) is 10.1 Å². The van der Waals surface area contributed by atoms with Crippen molar-refractivity contribution in [1.82, 2.24) is 4.72 Å². The van der Waals surface area contributed by atoms with Crippen molar-refractivity contribution in [3.8, 4) is 0 Å². The van der Waals surface area contributed by atoms with Crippen LogP contribution in [0.4, 0.5) is 11.4 Å². The lowest BCUT2D eigenvalue weighted by molar-refractivity contribution is -0.384. The van der Waals surface area contributed by atoms with E-state index in [1.165, 1.54) is 6.07 Å². The van der Waals surface area contributed by atoms with E-state index in [-0.39, 0.29) is 16.6 Å². The zero-order chi connectivity index (χ0) is 17.2. The minimum atomic E-state index is -3.75. The van der Waals surface area contributed by atoms with Gasteiger partial charge in [0.2, 0.25) is 10.0 Å². The quantitative estimate of drug-likeness (QED) is 0.656. The molecule has 0 radical (unpaired) electrons. The average Bonchev–Trinajstić information content (AvgIpc) is 2.45. The van der Waals surface area contributed by atoms with Crippen molar-refractivity contribution in [1.29, 1.82) is 0 Å². The van der Waals surface area contributed by atoms with Crippen LogP contribution in [0.15, 0.2) is 23.1 Å². The zero-order valence-corrected chi connectivity index (χ0v) is 14.5. The van der Waals surface area contributed by atoms with Crippen LogP contribution in [0.2, 0.25) is 0 Å². The Hall–Kier alpha value is -1.67. The summed E-state index contributed by atoms with van der Waals surface area (Å²) in [6, 6.07) is 3.86. The molecular weight excluding hydrogens is 318 g/mol. The third kappa shape index (κ3) is 4.20. The minimum absolute atomic E-state index is 0.0771. The third-order valence-electron chi connectivity index (χ3n) is 3.84. The highest BCUT2D eigenvalue weighted by Crippen LogP contribution is 2.33. The zero-order valence-electron chi connectivity index (χ0n) is 13.7. The fourth-order valence-electron chi connectivity index (χ4n) is 2.87. The van der Waals surface area contributed by atoms with E-state index in [0.717, 1.165) is 32.0 Å². The summed E-state index contributed by atoms with van der Waals surface area (Å²) in [4.78, 5) is 12.8. The Kier molecular flexibility index (Phi) is 5.26. The molecule has 0 saturated carbocycles. The molecule has 1 saturated heterocycles. The van der Waals surface area contributed by atoms with E-state index in [9.17, 15) is 18.5 Å². The standard InChI is InChI=1S/C15H23N3O4S/c1-11(2)16-23(21,22)13-6-7-14(15(9-13)18(19)20)17-8-4-5-12(3)10-17/h6-7,9,11-12,16H,4-5,8,10H2,1-3H3/t12-/m0/s1. The molecule has 0 bridgehead atoms. The van der Waals surface area contributed by atoms with E-state index >= 15 is 0 Å². The van der Waals surface area contributed by atoms with Crippen LogP contribution in [0.5, 0.6) is 0 Å². The molecule has 0 amide bonds. The Labute approximate surface area is 136 Å². The van der Waals surface area contributed by atoms with Crippen molar-refractivity contribution in [2.45, 2.75) is 44.6 Å². The summed E-state index contributed by atoms with van der Waals surface area (Å²) < 4.78 is 26.9. The lowest BCUT2D eigenvalue weighted by atomic mass is 9.99. The smallest absolute Gasteiger partial charge is 0.293 e. The highest BCUT2D eigenvalue weighted by Gasteiger charge is 2.26. The third-order valence-corrected chi connectivity index (χ3v) is 5.50. The van der Waals surface area contributed by atoms with Gasteiger partial charge in [-0.25, -0.2) is 13.1 Å². The first-order valence-electron chi connectivity index (χ1n) is 7.76. The Balaban J connectivity index is 2.41. The van der Waals surface area contributed by atoms with Crippen molar-refractivity contribution in [3.63, 3.8) is 0 Å². The Morgan fingerprint density at radius 1 is 1.39 bits per heavy atom. The van der Waals surface area contributed by atoms with Gasteiger partial charge in [-0.05, 0) is 44.7 Å². The molecule has 7 nitrogen and oxygen atoms in total. The molecule has 2 rings (SSSR count). The summed E-state index contributed by atoms with van der Waals surface area (Å²) in [5.74, 6) is 0.467. The van der Waals surface area contributed by atoms with Gasteiger partial charge in [-0.2, -0.15) is 0 Å². The predicted octanol–water partition coefficient (Wildman–Crippen LogP) is 2.52. The molecule has 0 spiro atoms. The number of nitrogens with one attached hydrogen (secondary N) is 1. The maximum absolute atomic E-state index is 12.2. The number of rotatable bonds is 5. The highest BCUT2D eigenvalue weighted by atomic mass is 32.2. The Bertz CT molecular complexity index is 688. The van der Waals surface area contributed by atoms with Crippen LogP contribution in [-0.2, 0) is 10.0 Å². The second-order valence-electron chi connectivity index (χ2n) is 6.38. The first-order chi connectivity index (χ1) is 10.7. The highest BCUT2D eigenvalue weighted by molar-refractivity contribution is 7.89. The van der Waals surface area contributed by atoms with Crippen LogP contribution >= 0.6 is 0 Å². The average molecular weight is 341 g/mol.